The molecule has 1 amide bonds. The molecule has 6 heteroatoms. The van der Waals surface area contributed by atoms with Crippen LogP contribution in [0, 0.1) is 0 Å². The Balaban J connectivity index is 3.81. The van der Waals surface area contributed by atoms with Crippen LogP contribution in [0.5, 0.6) is 0 Å². The lowest BCUT2D eigenvalue weighted by molar-refractivity contribution is -0.139. The van der Waals surface area contributed by atoms with Crippen LogP contribution in [0.3, 0.4) is 0 Å². The van der Waals surface area contributed by atoms with E-state index in [4.69, 9.17) is 15.9 Å². The summed E-state index contributed by atoms with van der Waals surface area (Å²) in [5.41, 5.74) is 5.21. The molecule has 0 rings (SSSR count). The second kappa shape index (κ2) is 6.24. The van der Waals surface area contributed by atoms with Crippen molar-refractivity contribution in [1.29, 1.82) is 0 Å². The molecule has 0 aliphatic heterocycles. The van der Waals surface area contributed by atoms with E-state index in [9.17, 15) is 9.59 Å². The van der Waals surface area contributed by atoms with Gasteiger partial charge in [0.1, 0.15) is 6.04 Å². The molecule has 0 aromatic carbocycles. The summed E-state index contributed by atoms with van der Waals surface area (Å²) >= 11 is 0. The molecule has 0 saturated carbocycles. The molecule has 0 bridgehead atoms. The smallest absolute Gasteiger partial charge is 0.405 e. The van der Waals surface area contributed by atoms with Crippen molar-refractivity contribution in [2.75, 3.05) is 6.54 Å². The van der Waals surface area contributed by atoms with Crippen LogP contribution in [0.2, 0.25) is 0 Å². The van der Waals surface area contributed by atoms with Crippen LogP contribution < -0.4 is 11.1 Å². The highest BCUT2D eigenvalue weighted by atomic mass is 16.4. The van der Waals surface area contributed by atoms with Crippen LogP contribution in [-0.2, 0) is 4.79 Å². The number of carboxylic acid groups (broad SMARTS) is 2. The van der Waals surface area contributed by atoms with E-state index in [1.54, 1.807) is 0 Å². The van der Waals surface area contributed by atoms with Gasteiger partial charge in [-0.05, 0) is 25.8 Å². The van der Waals surface area contributed by atoms with Crippen molar-refractivity contribution in [2.24, 2.45) is 5.73 Å². The minimum atomic E-state index is -1.32. The van der Waals surface area contributed by atoms with Crippen LogP contribution in [0.15, 0.2) is 0 Å². The van der Waals surface area contributed by atoms with E-state index in [1.165, 1.54) is 0 Å². The Kier molecular flexibility index (Phi) is 5.62. The fourth-order valence-corrected chi connectivity index (χ4v) is 0.899. The van der Waals surface area contributed by atoms with Crippen molar-refractivity contribution >= 4 is 12.1 Å². The van der Waals surface area contributed by atoms with Gasteiger partial charge in [0.05, 0.1) is 0 Å². The van der Waals surface area contributed by atoms with Gasteiger partial charge in [0.15, 0.2) is 0 Å². The maximum absolute atomic E-state index is 10.5. The molecule has 0 fully saturated rings. The summed E-state index contributed by atoms with van der Waals surface area (Å²) in [5.74, 6) is -1.15. The molecule has 0 aromatic heterocycles. The molecule has 0 aliphatic carbocycles. The van der Waals surface area contributed by atoms with Gasteiger partial charge in [-0.15, -0.1) is 0 Å². The van der Waals surface area contributed by atoms with Crippen molar-refractivity contribution < 1.29 is 19.8 Å². The molecule has 0 aromatic rings. The van der Waals surface area contributed by atoms with E-state index < -0.39 is 18.1 Å². The number of carboxylic acids is 1. The zero-order chi connectivity index (χ0) is 10.3. The molecule has 0 radical (unpaired) electrons. The topological polar surface area (TPSA) is 113 Å². The lowest BCUT2D eigenvalue weighted by Crippen LogP contribution is -2.39. The number of amides is 1. The Hall–Kier alpha value is -1.30. The lowest BCUT2D eigenvalue weighted by atomic mass is 10.1. The van der Waals surface area contributed by atoms with E-state index >= 15 is 0 Å². The maximum atomic E-state index is 10.5. The number of rotatable bonds is 6. The standard InChI is InChI=1S/C7H14N2O4/c8-4-2-1-3-5(6(10)11)9-7(12)13/h5,9H,1-4,8H2,(H,10,11)(H,12,13)/t5-/m0/s1. The van der Waals surface area contributed by atoms with Gasteiger partial charge in [0, 0.05) is 0 Å². The Morgan fingerprint density at radius 1 is 1.31 bits per heavy atom. The molecule has 6 nitrogen and oxygen atoms in total. The van der Waals surface area contributed by atoms with Crippen LogP contribution in [-0.4, -0.2) is 34.9 Å². The number of carbonyl (C=O) groups is 2. The predicted molar refractivity (Wildman–Crippen MR) is 45.5 cm³/mol. The summed E-state index contributed by atoms with van der Waals surface area (Å²) in [7, 11) is 0. The van der Waals surface area contributed by atoms with E-state index in [1.807, 2.05) is 5.32 Å². The van der Waals surface area contributed by atoms with Crippen molar-refractivity contribution in [1.82, 2.24) is 5.32 Å². The summed E-state index contributed by atoms with van der Waals surface area (Å²) in [6, 6.07) is -1.02. The van der Waals surface area contributed by atoms with Gasteiger partial charge in [-0.1, -0.05) is 0 Å². The van der Waals surface area contributed by atoms with E-state index in [2.05, 4.69) is 0 Å². The molecule has 0 saturated heterocycles. The normalized spacial score (nSPS) is 12.1. The lowest BCUT2D eigenvalue weighted by Gasteiger charge is -2.10. The number of aliphatic carboxylic acids is 1. The van der Waals surface area contributed by atoms with Crippen molar-refractivity contribution in [3.8, 4) is 0 Å². The summed E-state index contributed by atoms with van der Waals surface area (Å²) in [6.07, 6.45) is 0.262. The Labute approximate surface area is 75.7 Å². The quantitative estimate of drug-likeness (QED) is 0.434. The first-order valence-electron chi connectivity index (χ1n) is 4.00. The van der Waals surface area contributed by atoms with Gasteiger partial charge in [0.2, 0.25) is 0 Å². The van der Waals surface area contributed by atoms with Gasteiger partial charge in [-0.3, -0.25) is 0 Å². The molecule has 76 valence electrons. The van der Waals surface area contributed by atoms with Crippen molar-refractivity contribution in [3.63, 3.8) is 0 Å². The third-order valence-corrected chi connectivity index (χ3v) is 1.54. The first-order chi connectivity index (χ1) is 6.07. The second-order valence-electron chi connectivity index (χ2n) is 2.62. The van der Waals surface area contributed by atoms with E-state index in [-0.39, 0.29) is 6.42 Å². The molecule has 5 N–H and O–H groups in total. The summed E-state index contributed by atoms with van der Waals surface area (Å²) < 4.78 is 0. The highest BCUT2D eigenvalue weighted by Gasteiger charge is 2.18. The number of hydrogen-bond donors (Lipinski definition) is 4. The van der Waals surface area contributed by atoms with E-state index in [0.29, 0.717) is 19.4 Å². The molecular formula is C7H14N2O4. The number of nitrogens with one attached hydrogen (secondary N) is 1. The summed E-state index contributed by atoms with van der Waals surface area (Å²) in [5, 5.41) is 18.8. The maximum Gasteiger partial charge on any atom is 0.405 e. The highest BCUT2D eigenvalue weighted by Crippen LogP contribution is 2.00. The Morgan fingerprint density at radius 3 is 2.31 bits per heavy atom. The van der Waals surface area contributed by atoms with E-state index in [0.717, 1.165) is 0 Å². The van der Waals surface area contributed by atoms with Gasteiger partial charge in [0.25, 0.3) is 0 Å². The van der Waals surface area contributed by atoms with Gasteiger partial charge >= 0.3 is 12.1 Å². The van der Waals surface area contributed by atoms with Crippen LogP contribution in [0.1, 0.15) is 19.3 Å². The highest BCUT2D eigenvalue weighted by molar-refractivity contribution is 5.78. The van der Waals surface area contributed by atoms with Crippen LogP contribution in [0.25, 0.3) is 0 Å². The molecule has 0 heterocycles. The Morgan fingerprint density at radius 2 is 1.92 bits per heavy atom. The average molecular weight is 190 g/mol. The zero-order valence-corrected chi connectivity index (χ0v) is 7.19. The van der Waals surface area contributed by atoms with Gasteiger partial charge in [-0.25, -0.2) is 9.59 Å². The molecule has 13 heavy (non-hydrogen) atoms. The van der Waals surface area contributed by atoms with Crippen LogP contribution in [0.4, 0.5) is 4.79 Å². The summed E-state index contributed by atoms with van der Waals surface area (Å²) in [4.78, 5) is 20.6. The first kappa shape index (κ1) is 11.7. The summed E-state index contributed by atoms with van der Waals surface area (Å²) in [6.45, 7) is 0.486. The molecule has 0 spiro atoms. The van der Waals surface area contributed by atoms with Gasteiger partial charge < -0.3 is 21.3 Å². The zero-order valence-electron chi connectivity index (χ0n) is 7.19. The fraction of sp³-hybridized carbons (Fsp3) is 0.714. The predicted octanol–water partition coefficient (Wildman–Crippen LogP) is -0.164. The third kappa shape index (κ3) is 5.92. The largest absolute Gasteiger partial charge is 0.480 e. The first-order valence-corrected chi connectivity index (χ1v) is 4.00. The van der Waals surface area contributed by atoms with Crippen LogP contribution >= 0.6 is 0 Å². The number of nitrogens with two attached hydrogens (primary N) is 1. The molecule has 0 unspecified atom stereocenters. The minimum absolute atomic E-state index is 0.277. The minimum Gasteiger partial charge on any atom is -0.480 e. The fourth-order valence-electron chi connectivity index (χ4n) is 0.899. The number of unbranched alkanes of at least 4 members (excludes halogenated alkanes) is 1. The molecular weight excluding hydrogens is 176 g/mol. The third-order valence-electron chi connectivity index (χ3n) is 1.54. The SMILES string of the molecule is NCCCC[C@H](NC(=O)O)C(=O)O. The molecule has 0 aliphatic rings. The Bertz CT molecular complexity index is 183. The van der Waals surface area contributed by atoms with Gasteiger partial charge in [-0.2, -0.15) is 0 Å². The average Bonchev–Trinajstić information content (AvgIpc) is 2.02. The monoisotopic (exact) mass is 190 g/mol. The number of hydrogen-bond acceptors (Lipinski definition) is 3. The van der Waals surface area contributed by atoms with Crippen molar-refractivity contribution in [3.05, 3.63) is 0 Å². The second-order valence-corrected chi connectivity index (χ2v) is 2.62. The molecule has 1 atom stereocenters. The van der Waals surface area contributed by atoms with Crippen molar-refractivity contribution in [2.45, 2.75) is 25.3 Å².